The van der Waals surface area contributed by atoms with Crippen LogP contribution in [0.5, 0.6) is 5.75 Å². The maximum Gasteiger partial charge on any atom is 0.224 e. The molecule has 2 aliphatic carbocycles. The quantitative estimate of drug-likeness (QED) is 0.207. The van der Waals surface area contributed by atoms with Gasteiger partial charge in [0, 0.05) is 35.9 Å². The van der Waals surface area contributed by atoms with Gasteiger partial charge in [0.2, 0.25) is 11.8 Å². The highest BCUT2D eigenvalue weighted by Crippen LogP contribution is 2.59. The minimum atomic E-state index is -0.312. The van der Waals surface area contributed by atoms with Crippen LogP contribution in [0.25, 0.3) is 22.2 Å². The van der Waals surface area contributed by atoms with Crippen molar-refractivity contribution in [2.75, 3.05) is 26.7 Å². The number of ketones is 1. The molecule has 3 aliphatic rings. The van der Waals surface area contributed by atoms with E-state index in [9.17, 15) is 9.59 Å². The van der Waals surface area contributed by atoms with Crippen molar-refractivity contribution in [2.45, 2.75) is 90.5 Å². The van der Waals surface area contributed by atoms with E-state index in [0.29, 0.717) is 35.5 Å². The number of pyridine rings is 1. The van der Waals surface area contributed by atoms with Crippen molar-refractivity contribution >= 4 is 22.6 Å². The van der Waals surface area contributed by atoms with E-state index in [0.717, 1.165) is 93.2 Å². The summed E-state index contributed by atoms with van der Waals surface area (Å²) in [5.41, 5.74) is 2.78. The second-order valence-corrected chi connectivity index (χ2v) is 13.2. The molecule has 2 saturated carbocycles. The van der Waals surface area contributed by atoms with Gasteiger partial charge in [0.25, 0.3) is 0 Å². The van der Waals surface area contributed by atoms with Crippen molar-refractivity contribution in [1.29, 1.82) is 0 Å². The number of fused-ring (bicyclic) bond motifs is 1. The average Bonchev–Trinajstić information content (AvgIpc) is 3.91. The fourth-order valence-corrected chi connectivity index (χ4v) is 6.90. The molecule has 1 amide bonds. The first-order chi connectivity index (χ1) is 20.9. The molecule has 8 nitrogen and oxygen atoms in total. The van der Waals surface area contributed by atoms with Crippen LogP contribution in [0.15, 0.2) is 34.9 Å². The third-order valence-electron chi connectivity index (χ3n) is 10.0. The number of piperidine rings is 1. The minimum Gasteiger partial charge on any atom is -0.496 e. The van der Waals surface area contributed by atoms with Gasteiger partial charge in [-0.1, -0.05) is 25.8 Å². The number of likely N-dealkylation sites (tertiary alicyclic amines) is 1. The lowest BCUT2D eigenvalue weighted by atomic mass is 9.90. The van der Waals surface area contributed by atoms with Gasteiger partial charge in [0.05, 0.1) is 24.4 Å². The van der Waals surface area contributed by atoms with Crippen LogP contribution in [0.1, 0.15) is 95.2 Å². The first-order valence-corrected chi connectivity index (χ1v) is 16.3. The van der Waals surface area contributed by atoms with E-state index < -0.39 is 0 Å². The van der Waals surface area contributed by atoms with E-state index in [1.807, 2.05) is 31.2 Å². The van der Waals surface area contributed by atoms with E-state index in [1.54, 1.807) is 13.3 Å². The number of aryl methyl sites for hydroxylation is 1. The highest BCUT2D eigenvalue weighted by Gasteiger charge is 2.58. The number of rotatable bonds is 14. The summed E-state index contributed by atoms with van der Waals surface area (Å²) >= 11 is 0. The molecule has 43 heavy (non-hydrogen) atoms. The molecule has 1 N–H and O–H groups in total. The van der Waals surface area contributed by atoms with Crippen LogP contribution in [-0.4, -0.2) is 53.3 Å². The molecule has 2 aromatic heterocycles. The average molecular weight is 587 g/mol. The molecule has 3 fully saturated rings. The Kier molecular flexibility index (Phi) is 8.85. The van der Waals surface area contributed by atoms with Gasteiger partial charge in [0.15, 0.2) is 5.76 Å². The van der Waals surface area contributed by atoms with Crippen molar-refractivity contribution in [3.63, 3.8) is 0 Å². The summed E-state index contributed by atoms with van der Waals surface area (Å²) < 4.78 is 12.1. The SMILES string of the molecule is CCN1CCC2(CC1)C[C@@H]2C(=O)N[C@@H](CCCCCC(=O)CC1CC1)c1ncc(-c2cc3ccc(C)nc3cc2OC)o1. The number of carbonyl (C=O) groups is 2. The number of ether oxygens (including phenoxy) is 1. The van der Waals surface area contributed by atoms with Gasteiger partial charge in [-0.3, -0.25) is 14.6 Å². The van der Waals surface area contributed by atoms with E-state index in [4.69, 9.17) is 9.15 Å². The Morgan fingerprint density at radius 3 is 2.72 bits per heavy atom. The lowest BCUT2D eigenvalue weighted by Crippen LogP contribution is -2.37. The molecule has 230 valence electrons. The number of carbonyl (C=O) groups excluding carboxylic acids is 2. The number of benzene rings is 1. The van der Waals surface area contributed by atoms with Crippen LogP contribution in [0.2, 0.25) is 0 Å². The van der Waals surface area contributed by atoms with Crippen LogP contribution in [-0.2, 0) is 9.59 Å². The van der Waals surface area contributed by atoms with E-state index in [1.165, 1.54) is 12.8 Å². The number of amides is 1. The Labute approximate surface area is 255 Å². The van der Waals surface area contributed by atoms with Crippen LogP contribution in [0.3, 0.4) is 0 Å². The standard InChI is InChI=1S/C35H46N4O4/c1-4-39-16-14-35(15-17-39)21-28(35)33(41)38-29(9-7-5-6-8-26(40)18-24-11-12-24)34-36-22-32(43-34)27-19-25-13-10-23(2)37-30(25)20-31(27)42-3/h10,13,19-20,22,24,28-29H,4-9,11-12,14-18,21H2,1-3H3,(H,38,41)/t28-,29+/m1/s1. The molecule has 0 radical (unpaired) electrons. The maximum absolute atomic E-state index is 13.6. The molecule has 2 atom stereocenters. The fourth-order valence-electron chi connectivity index (χ4n) is 6.90. The Morgan fingerprint density at radius 2 is 1.98 bits per heavy atom. The van der Waals surface area contributed by atoms with Crippen molar-refractivity contribution in [1.82, 2.24) is 20.2 Å². The largest absolute Gasteiger partial charge is 0.496 e. The normalized spacial score (nSPS) is 20.3. The highest BCUT2D eigenvalue weighted by atomic mass is 16.5. The van der Waals surface area contributed by atoms with Gasteiger partial charge in [0.1, 0.15) is 17.6 Å². The predicted octanol–water partition coefficient (Wildman–Crippen LogP) is 6.81. The second-order valence-electron chi connectivity index (χ2n) is 13.2. The molecule has 0 unspecified atom stereocenters. The fraction of sp³-hybridized carbons (Fsp3) is 0.600. The van der Waals surface area contributed by atoms with Gasteiger partial charge in [-0.05, 0) is 95.0 Å². The van der Waals surface area contributed by atoms with E-state index in [2.05, 4.69) is 27.1 Å². The topological polar surface area (TPSA) is 97.6 Å². The molecule has 0 bridgehead atoms. The zero-order valence-electron chi connectivity index (χ0n) is 26.0. The van der Waals surface area contributed by atoms with Gasteiger partial charge in [-0.2, -0.15) is 0 Å². The smallest absolute Gasteiger partial charge is 0.224 e. The number of Topliss-reactive ketones (excluding diaryl/α,β-unsaturated/α-hetero) is 1. The zero-order valence-corrected chi connectivity index (χ0v) is 26.0. The molecule has 3 aromatic rings. The number of aromatic nitrogens is 2. The van der Waals surface area contributed by atoms with Crippen LogP contribution < -0.4 is 10.1 Å². The van der Waals surface area contributed by atoms with Gasteiger partial charge < -0.3 is 19.4 Å². The van der Waals surface area contributed by atoms with Crippen molar-refractivity contribution in [3.8, 4) is 17.1 Å². The summed E-state index contributed by atoms with van der Waals surface area (Å²) in [5, 5.41) is 4.33. The molecule has 6 rings (SSSR count). The van der Waals surface area contributed by atoms with Gasteiger partial charge in [-0.25, -0.2) is 4.98 Å². The molecular formula is C35H46N4O4. The van der Waals surface area contributed by atoms with Gasteiger partial charge >= 0.3 is 0 Å². The monoisotopic (exact) mass is 586 g/mol. The maximum atomic E-state index is 13.6. The number of unbranched alkanes of at least 4 members (excludes halogenated alkanes) is 2. The van der Waals surface area contributed by atoms with Crippen LogP contribution >= 0.6 is 0 Å². The first-order valence-electron chi connectivity index (χ1n) is 16.3. The minimum absolute atomic E-state index is 0.0695. The van der Waals surface area contributed by atoms with E-state index >= 15 is 0 Å². The third-order valence-corrected chi connectivity index (χ3v) is 10.0. The summed E-state index contributed by atoms with van der Waals surface area (Å²) in [4.78, 5) is 37.6. The summed E-state index contributed by atoms with van der Waals surface area (Å²) in [6, 6.07) is 7.68. The Morgan fingerprint density at radius 1 is 1.16 bits per heavy atom. The van der Waals surface area contributed by atoms with Crippen molar-refractivity contribution in [2.24, 2.45) is 17.3 Å². The summed E-state index contributed by atoms with van der Waals surface area (Å²) in [7, 11) is 1.65. The molecule has 1 aromatic carbocycles. The lowest BCUT2D eigenvalue weighted by molar-refractivity contribution is -0.124. The van der Waals surface area contributed by atoms with Crippen molar-refractivity contribution < 1.29 is 18.7 Å². The van der Waals surface area contributed by atoms with Crippen LogP contribution in [0, 0.1) is 24.2 Å². The number of hydrogen-bond acceptors (Lipinski definition) is 7. The Balaban J connectivity index is 1.15. The zero-order chi connectivity index (χ0) is 30.0. The Bertz CT molecular complexity index is 1450. The highest BCUT2D eigenvalue weighted by molar-refractivity contribution is 5.87. The summed E-state index contributed by atoms with van der Waals surface area (Å²) in [6.45, 7) is 7.41. The number of methoxy groups -OCH3 is 1. The number of hydrogen-bond donors (Lipinski definition) is 1. The molecule has 1 spiro atoms. The van der Waals surface area contributed by atoms with Gasteiger partial charge in [-0.15, -0.1) is 0 Å². The van der Waals surface area contributed by atoms with E-state index in [-0.39, 0.29) is 23.3 Å². The number of nitrogens with one attached hydrogen (secondary N) is 1. The third kappa shape index (κ3) is 6.95. The Hall–Kier alpha value is -3.26. The first kappa shape index (κ1) is 29.8. The van der Waals surface area contributed by atoms with Crippen LogP contribution in [0.4, 0.5) is 0 Å². The number of nitrogens with zero attached hydrogens (tertiary/aromatic N) is 3. The van der Waals surface area contributed by atoms with Crippen molar-refractivity contribution in [3.05, 3.63) is 42.0 Å². The molecule has 3 heterocycles. The summed E-state index contributed by atoms with van der Waals surface area (Å²) in [5.74, 6) is 3.03. The molecule has 8 heteroatoms. The second kappa shape index (κ2) is 12.8. The molecule has 1 aliphatic heterocycles. The lowest BCUT2D eigenvalue weighted by Gasteiger charge is -2.32. The molecular weight excluding hydrogens is 540 g/mol. The predicted molar refractivity (Wildman–Crippen MR) is 167 cm³/mol. The molecule has 1 saturated heterocycles. The summed E-state index contributed by atoms with van der Waals surface area (Å²) in [6.07, 6.45) is 12.2. The number of oxazole rings is 1.